The van der Waals surface area contributed by atoms with Crippen LogP contribution in [0.5, 0.6) is 0 Å². The third-order valence-electron chi connectivity index (χ3n) is 9.01. The molecule has 10 rings (SSSR count). The van der Waals surface area contributed by atoms with E-state index in [1.54, 1.807) is 6.20 Å². The van der Waals surface area contributed by atoms with Gasteiger partial charge in [-0.25, -0.2) is 19.9 Å². The number of rotatable bonds is 4. The molecule has 0 N–H and O–H groups in total. The van der Waals surface area contributed by atoms with E-state index < -0.39 is 0 Å². The topological polar surface area (TPSA) is 77.8 Å². The van der Waals surface area contributed by atoms with Gasteiger partial charge >= 0.3 is 0 Å². The van der Waals surface area contributed by atoms with Crippen LogP contribution in [0.1, 0.15) is 0 Å². The van der Waals surface area contributed by atoms with Crippen LogP contribution in [0.15, 0.2) is 155 Å². The summed E-state index contributed by atoms with van der Waals surface area (Å²) in [6.07, 6.45) is 1.75. The molecular formula is C42H24N4O2. The van der Waals surface area contributed by atoms with Gasteiger partial charge in [0.2, 0.25) is 5.71 Å². The Morgan fingerprint density at radius 2 is 1.12 bits per heavy atom. The molecule has 4 heterocycles. The van der Waals surface area contributed by atoms with Crippen LogP contribution in [0.4, 0.5) is 0 Å². The van der Waals surface area contributed by atoms with E-state index in [1.807, 2.05) is 78.9 Å². The SMILES string of the molecule is c1ccc(-c2nc(-c3cccc4oc5ccccc5c34)nc(-c3ccc(-c4ccc5ccccc5c4)c4oc5ncccc5c34)n2)cc1. The summed E-state index contributed by atoms with van der Waals surface area (Å²) in [5, 5.41) is 6.14. The fourth-order valence-corrected chi connectivity index (χ4v) is 6.78. The first-order valence-corrected chi connectivity index (χ1v) is 15.8. The summed E-state index contributed by atoms with van der Waals surface area (Å²) in [4.78, 5) is 19.9. The lowest BCUT2D eigenvalue weighted by Gasteiger charge is -2.11. The van der Waals surface area contributed by atoms with Crippen molar-refractivity contribution in [2.75, 3.05) is 0 Å². The molecule has 0 aliphatic heterocycles. The summed E-state index contributed by atoms with van der Waals surface area (Å²) in [5.74, 6) is 1.69. The second-order valence-electron chi connectivity index (χ2n) is 11.8. The van der Waals surface area contributed by atoms with Crippen LogP contribution < -0.4 is 0 Å². The van der Waals surface area contributed by atoms with Crippen LogP contribution in [0.25, 0.3) is 100 Å². The zero-order valence-corrected chi connectivity index (χ0v) is 25.5. The molecule has 0 fully saturated rings. The first kappa shape index (κ1) is 26.5. The van der Waals surface area contributed by atoms with Gasteiger partial charge in [-0.3, -0.25) is 0 Å². The maximum Gasteiger partial charge on any atom is 0.227 e. The summed E-state index contributed by atoms with van der Waals surface area (Å²) >= 11 is 0. The molecule has 224 valence electrons. The average molecular weight is 617 g/mol. The van der Waals surface area contributed by atoms with E-state index in [0.29, 0.717) is 23.2 Å². The van der Waals surface area contributed by atoms with Crippen molar-refractivity contribution in [3.63, 3.8) is 0 Å². The van der Waals surface area contributed by atoms with Gasteiger partial charge in [-0.15, -0.1) is 0 Å². The Labute approximate surface area is 274 Å². The second-order valence-corrected chi connectivity index (χ2v) is 11.8. The standard InChI is InChI=1S/C42H24N4O2/c1-2-11-26(12-3-1)39-44-40(31-15-8-18-35-36(31)30-14-6-7-17-34(30)47-35)46-41(45-39)32-22-21-29(28-20-19-25-10-4-5-13-27(25)24-28)38-37(32)33-16-9-23-43-42(33)48-38/h1-24H. The lowest BCUT2D eigenvalue weighted by atomic mass is 9.96. The fraction of sp³-hybridized carbons (Fsp3) is 0. The van der Waals surface area contributed by atoms with E-state index in [4.69, 9.17) is 23.8 Å². The van der Waals surface area contributed by atoms with Crippen LogP contribution in [0.2, 0.25) is 0 Å². The minimum Gasteiger partial charge on any atom is -0.456 e. The molecule has 4 aromatic heterocycles. The van der Waals surface area contributed by atoms with Crippen molar-refractivity contribution in [2.45, 2.75) is 0 Å². The van der Waals surface area contributed by atoms with E-state index in [9.17, 15) is 0 Å². The molecule has 0 bridgehead atoms. The summed E-state index contributed by atoms with van der Waals surface area (Å²) in [7, 11) is 0. The number of furan rings is 2. The van der Waals surface area contributed by atoms with Crippen molar-refractivity contribution in [3.05, 3.63) is 146 Å². The quantitative estimate of drug-likeness (QED) is 0.196. The number of hydrogen-bond acceptors (Lipinski definition) is 6. The van der Waals surface area contributed by atoms with Gasteiger partial charge in [0.25, 0.3) is 0 Å². The largest absolute Gasteiger partial charge is 0.456 e. The molecule has 0 atom stereocenters. The Bertz CT molecular complexity index is 2850. The third-order valence-corrected chi connectivity index (χ3v) is 9.01. The number of nitrogens with zero attached hydrogens (tertiary/aromatic N) is 4. The van der Waals surface area contributed by atoms with Crippen molar-refractivity contribution >= 4 is 54.8 Å². The molecule has 6 heteroatoms. The van der Waals surface area contributed by atoms with E-state index in [2.05, 4.69) is 65.6 Å². The minimum atomic E-state index is 0.547. The average Bonchev–Trinajstić information content (AvgIpc) is 3.74. The minimum absolute atomic E-state index is 0.547. The van der Waals surface area contributed by atoms with Gasteiger partial charge in [-0.2, -0.15) is 0 Å². The van der Waals surface area contributed by atoms with Crippen LogP contribution in [0, 0.1) is 0 Å². The molecule has 6 aromatic carbocycles. The first-order valence-electron chi connectivity index (χ1n) is 15.8. The van der Waals surface area contributed by atoms with Crippen LogP contribution in [0.3, 0.4) is 0 Å². The maximum atomic E-state index is 6.54. The summed E-state index contributed by atoms with van der Waals surface area (Å²) in [5.41, 5.74) is 7.55. The Morgan fingerprint density at radius 1 is 0.417 bits per heavy atom. The molecule has 0 radical (unpaired) electrons. The Hall–Kier alpha value is -6.66. The Balaban J connectivity index is 1.26. The Kier molecular flexibility index (Phi) is 5.77. The molecule has 0 aliphatic carbocycles. The van der Waals surface area contributed by atoms with Crippen molar-refractivity contribution in [1.82, 2.24) is 19.9 Å². The molecular weight excluding hydrogens is 592 g/mol. The van der Waals surface area contributed by atoms with Crippen LogP contribution in [-0.2, 0) is 0 Å². The number of pyridine rings is 1. The molecule has 0 amide bonds. The third kappa shape index (κ3) is 4.13. The van der Waals surface area contributed by atoms with Crippen molar-refractivity contribution in [1.29, 1.82) is 0 Å². The molecule has 0 aliphatic rings. The predicted molar refractivity (Wildman–Crippen MR) is 191 cm³/mol. The molecule has 0 saturated carbocycles. The Morgan fingerprint density at radius 3 is 2.02 bits per heavy atom. The highest BCUT2D eigenvalue weighted by atomic mass is 16.3. The lowest BCUT2D eigenvalue weighted by Crippen LogP contribution is -2.01. The maximum absolute atomic E-state index is 6.54. The zero-order chi connectivity index (χ0) is 31.6. The van der Waals surface area contributed by atoms with Gasteiger partial charge in [-0.05, 0) is 58.8 Å². The molecule has 6 nitrogen and oxygen atoms in total. The monoisotopic (exact) mass is 616 g/mol. The van der Waals surface area contributed by atoms with Gasteiger partial charge < -0.3 is 8.83 Å². The van der Waals surface area contributed by atoms with Crippen molar-refractivity contribution in [3.8, 4) is 45.3 Å². The number of hydrogen-bond donors (Lipinski definition) is 0. The van der Waals surface area contributed by atoms with E-state index in [1.165, 1.54) is 5.39 Å². The van der Waals surface area contributed by atoms with E-state index in [0.717, 1.165) is 71.5 Å². The summed E-state index contributed by atoms with van der Waals surface area (Å²) in [6.45, 7) is 0. The second kappa shape index (κ2) is 10.4. The van der Waals surface area contributed by atoms with E-state index >= 15 is 0 Å². The van der Waals surface area contributed by atoms with E-state index in [-0.39, 0.29) is 0 Å². The fourth-order valence-electron chi connectivity index (χ4n) is 6.78. The molecule has 0 unspecified atom stereocenters. The van der Waals surface area contributed by atoms with Gasteiger partial charge in [0.05, 0.1) is 0 Å². The highest BCUT2D eigenvalue weighted by molar-refractivity contribution is 6.16. The number of fused-ring (bicyclic) bond motifs is 7. The molecule has 48 heavy (non-hydrogen) atoms. The summed E-state index contributed by atoms with van der Waals surface area (Å²) in [6, 6.07) is 47.1. The number of benzene rings is 6. The number of aromatic nitrogens is 4. The van der Waals surface area contributed by atoms with Gasteiger partial charge in [0.15, 0.2) is 17.5 Å². The molecule has 10 aromatic rings. The molecule has 0 spiro atoms. The van der Waals surface area contributed by atoms with Crippen molar-refractivity contribution in [2.24, 2.45) is 0 Å². The van der Waals surface area contributed by atoms with Gasteiger partial charge in [0.1, 0.15) is 16.7 Å². The van der Waals surface area contributed by atoms with Gasteiger partial charge in [0, 0.05) is 50.0 Å². The van der Waals surface area contributed by atoms with Crippen molar-refractivity contribution < 1.29 is 8.83 Å². The van der Waals surface area contributed by atoms with Crippen LogP contribution >= 0.6 is 0 Å². The summed E-state index contributed by atoms with van der Waals surface area (Å²) < 4.78 is 12.8. The highest BCUT2D eigenvalue weighted by Gasteiger charge is 2.22. The van der Waals surface area contributed by atoms with Crippen LogP contribution in [-0.4, -0.2) is 19.9 Å². The first-order chi connectivity index (χ1) is 23.8. The van der Waals surface area contributed by atoms with Gasteiger partial charge in [-0.1, -0.05) is 97.1 Å². The molecule has 0 saturated heterocycles. The normalized spacial score (nSPS) is 11.8. The lowest BCUT2D eigenvalue weighted by molar-refractivity contribution is 0.655. The zero-order valence-electron chi connectivity index (χ0n) is 25.5. The number of para-hydroxylation sites is 1. The smallest absolute Gasteiger partial charge is 0.227 e. The predicted octanol–water partition coefficient (Wildman–Crippen LogP) is 10.9. The highest BCUT2D eigenvalue weighted by Crippen LogP contribution is 2.42.